The van der Waals surface area contributed by atoms with E-state index in [1.165, 1.54) is 15.9 Å². The van der Waals surface area contributed by atoms with Gasteiger partial charge in [-0.15, -0.1) is 0 Å². The Bertz CT molecular complexity index is 1430. The largest absolute Gasteiger partial charge is 0.393 e. The lowest BCUT2D eigenvalue weighted by molar-refractivity contribution is -0.145. The zero-order valence-corrected chi connectivity index (χ0v) is 28.8. The fraction of sp³-hybridized carbons (Fsp3) is 0.425. The van der Waals surface area contributed by atoms with Gasteiger partial charge in [0, 0.05) is 32.5 Å². The highest BCUT2D eigenvalue weighted by Crippen LogP contribution is 2.22. The molecule has 7 heteroatoms. The summed E-state index contributed by atoms with van der Waals surface area (Å²) in [5.74, 6) is -0.669. The number of nitrogens with zero attached hydrogens (tertiary/aromatic N) is 2. The maximum absolute atomic E-state index is 14.4. The van der Waals surface area contributed by atoms with Crippen LogP contribution in [0.1, 0.15) is 70.4 Å². The van der Waals surface area contributed by atoms with Gasteiger partial charge in [-0.1, -0.05) is 104 Å². The Kier molecular flexibility index (Phi) is 14.6. The molecule has 47 heavy (non-hydrogen) atoms. The number of benzene rings is 3. The highest BCUT2D eigenvalue weighted by molar-refractivity contribution is 5.95. The molecule has 7 nitrogen and oxygen atoms in total. The molecule has 252 valence electrons. The number of rotatable bonds is 18. The molecule has 0 fully saturated rings. The summed E-state index contributed by atoms with van der Waals surface area (Å²) in [5, 5.41) is 10.2. The van der Waals surface area contributed by atoms with Crippen LogP contribution in [0.3, 0.4) is 0 Å². The van der Waals surface area contributed by atoms with E-state index in [2.05, 4.69) is 0 Å². The third-order valence-corrected chi connectivity index (χ3v) is 8.54. The van der Waals surface area contributed by atoms with Gasteiger partial charge in [0.15, 0.2) is 5.78 Å². The lowest BCUT2D eigenvalue weighted by Crippen LogP contribution is -2.54. The number of ketones is 1. The molecule has 0 heterocycles. The highest BCUT2D eigenvalue weighted by atomic mass is 16.3. The van der Waals surface area contributed by atoms with E-state index in [0.717, 1.165) is 28.7 Å². The van der Waals surface area contributed by atoms with Crippen molar-refractivity contribution in [3.05, 3.63) is 108 Å². The monoisotopic (exact) mass is 639 g/mol. The van der Waals surface area contributed by atoms with Crippen molar-refractivity contribution in [2.45, 2.75) is 95.9 Å². The molecule has 0 saturated carbocycles. The summed E-state index contributed by atoms with van der Waals surface area (Å²) in [6, 6.07) is 26.2. The number of carbonyl (C=O) groups excluding carboxylic acids is 3. The SMILES string of the molecule is CCCC(O)CCCC(=O)C(Cc1ccccc1)N(C)C(=O)[C@@H](Cc1ccc(-c2ccccc2)cc1)N(C)C(=O)/C=C/CC(C)(C)N. The van der Waals surface area contributed by atoms with Crippen LogP contribution in [-0.2, 0) is 27.2 Å². The molecule has 0 aliphatic carbocycles. The van der Waals surface area contributed by atoms with E-state index in [4.69, 9.17) is 5.73 Å². The predicted molar refractivity (Wildman–Crippen MR) is 191 cm³/mol. The Morgan fingerprint density at radius 1 is 0.787 bits per heavy atom. The molecular weight excluding hydrogens is 586 g/mol. The minimum Gasteiger partial charge on any atom is -0.393 e. The van der Waals surface area contributed by atoms with Crippen LogP contribution in [0.2, 0.25) is 0 Å². The minimum atomic E-state index is -0.844. The number of aliphatic hydroxyl groups excluding tert-OH is 1. The number of likely N-dealkylation sites (N-methyl/N-ethyl adjacent to an activating group) is 2. The first-order chi connectivity index (χ1) is 22.4. The molecule has 0 aliphatic rings. The third-order valence-electron chi connectivity index (χ3n) is 8.54. The van der Waals surface area contributed by atoms with Crippen molar-refractivity contribution in [2.24, 2.45) is 5.73 Å². The van der Waals surface area contributed by atoms with E-state index in [0.29, 0.717) is 32.1 Å². The smallest absolute Gasteiger partial charge is 0.246 e. The van der Waals surface area contributed by atoms with Crippen molar-refractivity contribution in [1.29, 1.82) is 0 Å². The highest BCUT2D eigenvalue weighted by Gasteiger charge is 2.34. The molecule has 3 atom stereocenters. The van der Waals surface area contributed by atoms with Gasteiger partial charge in [-0.3, -0.25) is 14.4 Å². The molecular formula is C40H53N3O4. The third kappa shape index (κ3) is 12.2. The number of hydrogen-bond donors (Lipinski definition) is 2. The van der Waals surface area contributed by atoms with Crippen molar-refractivity contribution in [2.75, 3.05) is 14.1 Å². The first-order valence-electron chi connectivity index (χ1n) is 16.8. The van der Waals surface area contributed by atoms with Crippen LogP contribution in [0, 0.1) is 0 Å². The van der Waals surface area contributed by atoms with Crippen molar-refractivity contribution in [3.8, 4) is 11.1 Å². The average Bonchev–Trinajstić information content (AvgIpc) is 3.05. The molecule has 3 aromatic carbocycles. The lowest BCUT2D eigenvalue weighted by Gasteiger charge is -2.34. The Morgan fingerprint density at radius 2 is 1.34 bits per heavy atom. The van der Waals surface area contributed by atoms with Gasteiger partial charge in [0.25, 0.3) is 0 Å². The number of Topliss-reactive ketones (excluding diaryl/α,β-unsaturated/α-hetero) is 1. The average molecular weight is 640 g/mol. The molecule has 0 spiro atoms. The summed E-state index contributed by atoms with van der Waals surface area (Å²) in [5.41, 5.74) is 9.64. The Hall–Kier alpha value is -4.07. The number of hydrogen-bond acceptors (Lipinski definition) is 5. The predicted octanol–water partition coefficient (Wildman–Crippen LogP) is 6.38. The maximum atomic E-state index is 14.4. The van der Waals surface area contributed by atoms with Crippen molar-refractivity contribution >= 4 is 17.6 Å². The van der Waals surface area contributed by atoms with Crippen LogP contribution < -0.4 is 5.73 Å². The van der Waals surface area contributed by atoms with Crippen LogP contribution in [0.5, 0.6) is 0 Å². The molecule has 0 radical (unpaired) electrons. The zero-order chi connectivity index (χ0) is 34.4. The topological polar surface area (TPSA) is 104 Å². The van der Waals surface area contributed by atoms with Crippen LogP contribution >= 0.6 is 0 Å². The number of carbonyl (C=O) groups is 3. The summed E-state index contributed by atoms with van der Waals surface area (Å²) in [4.78, 5) is 44.6. The summed E-state index contributed by atoms with van der Waals surface area (Å²) < 4.78 is 0. The summed E-state index contributed by atoms with van der Waals surface area (Å²) in [6.07, 6.45) is 6.86. The molecule has 2 unspecified atom stereocenters. The summed E-state index contributed by atoms with van der Waals surface area (Å²) >= 11 is 0. The number of amides is 2. The van der Waals surface area contributed by atoms with E-state index in [1.54, 1.807) is 20.2 Å². The Morgan fingerprint density at radius 3 is 1.94 bits per heavy atom. The Balaban J connectivity index is 1.90. The Labute approximate surface area is 281 Å². The van der Waals surface area contributed by atoms with E-state index in [-0.39, 0.29) is 30.4 Å². The zero-order valence-electron chi connectivity index (χ0n) is 28.8. The van der Waals surface area contributed by atoms with E-state index < -0.39 is 23.7 Å². The van der Waals surface area contributed by atoms with Crippen LogP contribution in [-0.4, -0.2) is 70.3 Å². The fourth-order valence-electron chi connectivity index (χ4n) is 5.66. The van der Waals surface area contributed by atoms with Gasteiger partial charge < -0.3 is 20.6 Å². The van der Waals surface area contributed by atoms with Crippen molar-refractivity contribution in [1.82, 2.24) is 9.80 Å². The molecule has 0 saturated heterocycles. The van der Waals surface area contributed by atoms with Crippen LogP contribution in [0.25, 0.3) is 11.1 Å². The number of aliphatic hydroxyl groups is 1. The number of nitrogens with two attached hydrogens (primary N) is 1. The lowest BCUT2D eigenvalue weighted by atomic mass is 9.95. The summed E-state index contributed by atoms with van der Waals surface area (Å²) in [6.45, 7) is 5.80. The molecule has 0 aromatic heterocycles. The molecule has 0 aliphatic heterocycles. The van der Waals surface area contributed by atoms with Crippen molar-refractivity contribution < 1.29 is 19.5 Å². The summed E-state index contributed by atoms with van der Waals surface area (Å²) in [7, 11) is 3.30. The molecule has 3 rings (SSSR count). The molecule has 0 bridgehead atoms. The second kappa shape index (κ2) is 18.3. The van der Waals surface area contributed by atoms with E-state index >= 15 is 0 Å². The second-order valence-electron chi connectivity index (χ2n) is 13.3. The normalized spacial score (nSPS) is 13.6. The second-order valence-corrected chi connectivity index (χ2v) is 13.3. The van der Waals surface area contributed by atoms with Gasteiger partial charge in [0.05, 0.1) is 12.1 Å². The fourth-order valence-corrected chi connectivity index (χ4v) is 5.66. The van der Waals surface area contributed by atoms with Gasteiger partial charge in [0.2, 0.25) is 11.8 Å². The van der Waals surface area contributed by atoms with E-state index in [9.17, 15) is 19.5 Å². The van der Waals surface area contributed by atoms with Gasteiger partial charge in [-0.05, 0) is 74.3 Å². The molecule has 2 amide bonds. The minimum absolute atomic E-state index is 0.0570. The molecule has 3 N–H and O–H groups in total. The van der Waals surface area contributed by atoms with E-state index in [1.807, 2.05) is 106 Å². The van der Waals surface area contributed by atoms with Crippen LogP contribution in [0.15, 0.2) is 97.1 Å². The standard InChI is InChI=1S/C40H53N3O4/c1-6-15-34(44)20-13-21-37(45)35(28-30-16-9-7-10-17-30)43(5)39(47)36(42(4)38(46)22-14-27-40(2,3)41)29-31-23-25-33(26-24-31)32-18-11-8-12-19-32/h7-12,14,16-19,22-26,34-36,44H,6,13,15,20-21,27-29,41H2,1-5H3/b22-14+/t34?,35?,36-/m1/s1. The first-order valence-corrected chi connectivity index (χ1v) is 16.8. The molecule has 3 aromatic rings. The van der Waals surface area contributed by atoms with Gasteiger partial charge >= 0.3 is 0 Å². The van der Waals surface area contributed by atoms with Crippen LogP contribution in [0.4, 0.5) is 0 Å². The van der Waals surface area contributed by atoms with Gasteiger partial charge in [-0.25, -0.2) is 0 Å². The quantitative estimate of drug-likeness (QED) is 0.157. The van der Waals surface area contributed by atoms with Gasteiger partial charge in [0.1, 0.15) is 6.04 Å². The maximum Gasteiger partial charge on any atom is 0.246 e. The first kappa shape index (κ1) is 37.4. The van der Waals surface area contributed by atoms with Gasteiger partial charge in [-0.2, -0.15) is 0 Å². The van der Waals surface area contributed by atoms with Crippen molar-refractivity contribution in [3.63, 3.8) is 0 Å².